The van der Waals surface area contributed by atoms with E-state index in [-0.39, 0.29) is 5.69 Å². The second kappa shape index (κ2) is 7.83. The van der Waals surface area contributed by atoms with Gasteiger partial charge in [0.05, 0.1) is 34.4 Å². The van der Waals surface area contributed by atoms with E-state index in [0.29, 0.717) is 32.8 Å². The highest BCUT2D eigenvalue weighted by atomic mass is 35.5. The van der Waals surface area contributed by atoms with Gasteiger partial charge in [-0.15, -0.1) is 0 Å². The van der Waals surface area contributed by atoms with Crippen LogP contribution in [0.4, 0.5) is 17.2 Å². The Morgan fingerprint density at radius 1 is 1.04 bits per heavy atom. The summed E-state index contributed by atoms with van der Waals surface area (Å²) in [6.45, 7) is 0. The maximum Gasteiger partial charge on any atom is 0.275 e. The van der Waals surface area contributed by atoms with Crippen molar-refractivity contribution in [2.45, 2.75) is 0 Å². The third-order valence-corrected chi connectivity index (χ3v) is 3.92. The van der Waals surface area contributed by atoms with Crippen LogP contribution in [-0.4, -0.2) is 15.9 Å². The van der Waals surface area contributed by atoms with Crippen LogP contribution in [0.25, 0.3) is 0 Å². The summed E-state index contributed by atoms with van der Waals surface area (Å²) in [6.07, 6.45) is 2.74. The molecule has 0 bridgehead atoms. The predicted octanol–water partition coefficient (Wildman–Crippen LogP) is 4.65. The number of carbonyl (C=O) groups excluding carboxylic acids is 1. The average molecular weight is 384 g/mol. The number of rotatable bonds is 4. The molecule has 1 heterocycles. The molecule has 3 rings (SSSR count). The molecule has 26 heavy (non-hydrogen) atoms. The first-order chi connectivity index (χ1) is 12.6. The fourth-order valence-electron chi connectivity index (χ4n) is 2.11. The van der Waals surface area contributed by atoms with E-state index in [9.17, 15) is 4.79 Å². The molecule has 0 aliphatic carbocycles. The highest BCUT2D eigenvalue weighted by Crippen LogP contribution is 2.27. The Morgan fingerprint density at radius 2 is 1.85 bits per heavy atom. The van der Waals surface area contributed by atoms with Crippen molar-refractivity contribution in [1.29, 1.82) is 5.26 Å². The number of nitrogens with zero attached hydrogens (tertiary/aromatic N) is 3. The number of benzene rings is 2. The van der Waals surface area contributed by atoms with E-state index in [1.54, 1.807) is 42.5 Å². The van der Waals surface area contributed by atoms with Crippen molar-refractivity contribution in [2.24, 2.45) is 0 Å². The van der Waals surface area contributed by atoms with Crippen molar-refractivity contribution in [3.05, 3.63) is 76.2 Å². The molecule has 0 radical (unpaired) electrons. The molecule has 128 valence electrons. The first-order valence-electron chi connectivity index (χ1n) is 7.41. The third-order valence-electron chi connectivity index (χ3n) is 3.37. The number of hydrogen-bond acceptors (Lipinski definition) is 5. The molecule has 0 fully saturated rings. The lowest BCUT2D eigenvalue weighted by Crippen LogP contribution is -2.15. The Labute approximate surface area is 159 Å². The Kier molecular flexibility index (Phi) is 5.32. The van der Waals surface area contributed by atoms with E-state index in [1.165, 1.54) is 12.4 Å². The zero-order valence-electron chi connectivity index (χ0n) is 13.2. The summed E-state index contributed by atoms with van der Waals surface area (Å²) in [7, 11) is 0. The second-order valence-corrected chi connectivity index (χ2v) is 5.99. The molecule has 0 saturated heterocycles. The van der Waals surface area contributed by atoms with Gasteiger partial charge >= 0.3 is 0 Å². The molecule has 3 aromatic rings. The molecule has 0 saturated carbocycles. The number of halogens is 2. The number of carbonyl (C=O) groups is 1. The number of anilines is 3. The highest BCUT2D eigenvalue weighted by Gasteiger charge is 2.11. The van der Waals surface area contributed by atoms with Crippen molar-refractivity contribution >= 4 is 46.3 Å². The lowest BCUT2D eigenvalue weighted by molar-refractivity contribution is 0.102. The summed E-state index contributed by atoms with van der Waals surface area (Å²) < 4.78 is 0. The van der Waals surface area contributed by atoms with Crippen LogP contribution < -0.4 is 10.6 Å². The standard InChI is InChI=1S/C18H11Cl2N5O/c19-12-5-6-15(13(20)7-12)24-17-10-22-16(9-23-17)18(26)25-14-4-2-1-3-11(14)8-21/h1-7,9-10H,(H,23,24)(H,25,26). The van der Waals surface area contributed by atoms with Crippen molar-refractivity contribution < 1.29 is 4.79 Å². The van der Waals surface area contributed by atoms with E-state index in [2.05, 4.69) is 20.6 Å². The number of hydrogen-bond donors (Lipinski definition) is 2. The van der Waals surface area contributed by atoms with Crippen LogP contribution in [0.3, 0.4) is 0 Å². The summed E-state index contributed by atoms with van der Waals surface area (Å²) >= 11 is 12.0. The molecule has 6 nitrogen and oxygen atoms in total. The van der Waals surface area contributed by atoms with Crippen LogP contribution in [0.2, 0.25) is 10.0 Å². The van der Waals surface area contributed by atoms with Gasteiger partial charge in [0.15, 0.2) is 0 Å². The minimum Gasteiger partial charge on any atom is -0.338 e. The molecule has 8 heteroatoms. The van der Waals surface area contributed by atoms with Gasteiger partial charge in [-0.1, -0.05) is 35.3 Å². The maximum absolute atomic E-state index is 12.3. The SMILES string of the molecule is N#Cc1ccccc1NC(=O)c1cnc(Nc2ccc(Cl)cc2Cl)cn1. The molecule has 0 atom stereocenters. The van der Waals surface area contributed by atoms with E-state index in [0.717, 1.165) is 0 Å². The lowest BCUT2D eigenvalue weighted by atomic mass is 10.2. The summed E-state index contributed by atoms with van der Waals surface area (Å²) in [5.74, 6) is -0.0422. The summed E-state index contributed by atoms with van der Waals surface area (Å²) in [5, 5.41) is 15.7. The van der Waals surface area contributed by atoms with Crippen molar-refractivity contribution in [2.75, 3.05) is 10.6 Å². The van der Waals surface area contributed by atoms with Gasteiger partial charge in [0.2, 0.25) is 0 Å². The minimum absolute atomic E-state index is 0.116. The van der Waals surface area contributed by atoms with Gasteiger partial charge < -0.3 is 10.6 Å². The first kappa shape index (κ1) is 17.7. The Hall–Kier alpha value is -3.14. The fourth-order valence-corrected chi connectivity index (χ4v) is 2.57. The van der Waals surface area contributed by atoms with E-state index < -0.39 is 5.91 Å². The molecule has 0 spiro atoms. The summed E-state index contributed by atoms with van der Waals surface area (Å²) in [5.41, 5.74) is 1.51. The lowest BCUT2D eigenvalue weighted by Gasteiger charge is -2.09. The van der Waals surface area contributed by atoms with Crippen LogP contribution in [0.5, 0.6) is 0 Å². The smallest absolute Gasteiger partial charge is 0.275 e. The maximum atomic E-state index is 12.3. The molecule has 0 aliphatic heterocycles. The Bertz CT molecular complexity index is 999. The van der Waals surface area contributed by atoms with Crippen LogP contribution >= 0.6 is 23.2 Å². The number of aromatic nitrogens is 2. The van der Waals surface area contributed by atoms with Crippen molar-refractivity contribution in [3.63, 3.8) is 0 Å². The van der Waals surface area contributed by atoms with Gasteiger partial charge in [0.25, 0.3) is 5.91 Å². The van der Waals surface area contributed by atoms with Crippen LogP contribution in [0.15, 0.2) is 54.9 Å². The van der Waals surface area contributed by atoms with Gasteiger partial charge in [0.1, 0.15) is 17.6 Å². The van der Waals surface area contributed by atoms with Crippen LogP contribution in [-0.2, 0) is 0 Å². The highest BCUT2D eigenvalue weighted by molar-refractivity contribution is 6.36. The molecule has 1 aromatic heterocycles. The molecular weight excluding hydrogens is 373 g/mol. The van der Waals surface area contributed by atoms with E-state index >= 15 is 0 Å². The van der Waals surface area contributed by atoms with Crippen molar-refractivity contribution in [1.82, 2.24) is 9.97 Å². The number of nitrogens with one attached hydrogen (secondary N) is 2. The topological polar surface area (TPSA) is 90.7 Å². The Balaban J connectivity index is 1.73. The monoisotopic (exact) mass is 383 g/mol. The second-order valence-electron chi connectivity index (χ2n) is 5.15. The third kappa shape index (κ3) is 4.09. The first-order valence-corrected chi connectivity index (χ1v) is 8.17. The van der Waals surface area contributed by atoms with Gasteiger partial charge in [0, 0.05) is 5.02 Å². The van der Waals surface area contributed by atoms with Crippen LogP contribution in [0, 0.1) is 11.3 Å². The molecular formula is C18H11Cl2N5O. The summed E-state index contributed by atoms with van der Waals surface area (Å²) in [4.78, 5) is 20.5. The molecule has 2 N–H and O–H groups in total. The average Bonchev–Trinajstić information content (AvgIpc) is 2.65. The van der Waals surface area contributed by atoms with Gasteiger partial charge in [-0.2, -0.15) is 5.26 Å². The summed E-state index contributed by atoms with van der Waals surface area (Å²) in [6, 6.07) is 13.7. The van der Waals surface area contributed by atoms with E-state index in [4.69, 9.17) is 28.5 Å². The number of nitriles is 1. The van der Waals surface area contributed by atoms with Gasteiger partial charge in [-0.05, 0) is 30.3 Å². The van der Waals surface area contributed by atoms with Crippen LogP contribution in [0.1, 0.15) is 16.1 Å². The zero-order valence-corrected chi connectivity index (χ0v) is 14.7. The zero-order chi connectivity index (χ0) is 18.5. The molecule has 0 aliphatic rings. The fraction of sp³-hybridized carbons (Fsp3) is 0. The predicted molar refractivity (Wildman–Crippen MR) is 101 cm³/mol. The number of para-hydroxylation sites is 1. The van der Waals surface area contributed by atoms with Crippen molar-refractivity contribution in [3.8, 4) is 6.07 Å². The van der Waals surface area contributed by atoms with Gasteiger partial charge in [-0.3, -0.25) is 4.79 Å². The molecule has 0 unspecified atom stereocenters. The minimum atomic E-state index is -0.462. The van der Waals surface area contributed by atoms with E-state index in [1.807, 2.05) is 6.07 Å². The molecule has 1 amide bonds. The number of amides is 1. The quantitative estimate of drug-likeness (QED) is 0.683. The Morgan fingerprint density at radius 3 is 2.54 bits per heavy atom. The largest absolute Gasteiger partial charge is 0.338 e. The normalized spacial score (nSPS) is 10.0. The van der Waals surface area contributed by atoms with Gasteiger partial charge in [-0.25, -0.2) is 9.97 Å². The molecule has 2 aromatic carbocycles.